The Morgan fingerprint density at radius 1 is 0.900 bits per heavy atom. The summed E-state index contributed by atoms with van der Waals surface area (Å²) < 4.78 is 22.5. The molecule has 3 aromatic carbocycles. The first kappa shape index (κ1) is 28.5. The minimum atomic E-state index is -0.847. The Hall–Kier alpha value is -4.46. The van der Waals surface area contributed by atoms with Crippen molar-refractivity contribution in [3.63, 3.8) is 0 Å². The summed E-state index contributed by atoms with van der Waals surface area (Å²) in [6, 6.07) is 18.7. The molecule has 8 nitrogen and oxygen atoms in total. The summed E-state index contributed by atoms with van der Waals surface area (Å²) in [4.78, 5) is 28.5. The zero-order chi connectivity index (χ0) is 28.8. The number of carbonyl (C=O) groups is 2. The number of aliphatic hydroxyl groups excluding tert-OH is 1. The predicted octanol–water partition coefficient (Wildman–Crippen LogP) is 5.90. The lowest BCUT2D eigenvalue weighted by Gasteiger charge is -2.26. The molecular formula is C32H35NO7. The van der Waals surface area contributed by atoms with Crippen molar-refractivity contribution in [1.82, 2.24) is 4.90 Å². The van der Waals surface area contributed by atoms with Crippen molar-refractivity contribution in [2.24, 2.45) is 0 Å². The molecule has 210 valence electrons. The number of amides is 1. The highest BCUT2D eigenvalue weighted by Gasteiger charge is 2.46. The van der Waals surface area contributed by atoms with Crippen molar-refractivity contribution in [1.29, 1.82) is 0 Å². The smallest absolute Gasteiger partial charge is 0.295 e. The van der Waals surface area contributed by atoms with E-state index in [1.165, 1.54) is 4.90 Å². The Morgan fingerprint density at radius 3 is 2.25 bits per heavy atom. The Bertz CT molecular complexity index is 1390. The van der Waals surface area contributed by atoms with Crippen LogP contribution < -0.4 is 18.9 Å². The minimum Gasteiger partial charge on any atom is -0.507 e. The molecule has 40 heavy (non-hydrogen) atoms. The van der Waals surface area contributed by atoms with E-state index >= 15 is 0 Å². The lowest BCUT2D eigenvalue weighted by atomic mass is 9.94. The number of benzene rings is 3. The van der Waals surface area contributed by atoms with E-state index < -0.39 is 17.7 Å². The molecule has 1 aliphatic rings. The van der Waals surface area contributed by atoms with E-state index in [1.54, 1.807) is 37.4 Å². The third-order valence-electron chi connectivity index (χ3n) is 6.41. The maximum Gasteiger partial charge on any atom is 0.295 e. The van der Waals surface area contributed by atoms with E-state index in [4.69, 9.17) is 18.9 Å². The van der Waals surface area contributed by atoms with Crippen LogP contribution in [-0.4, -0.2) is 48.1 Å². The van der Waals surface area contributed by atoms with Gasteiger partial charge >= 0.3 is 0 Å². The molecule has 0 bridgehead atoms. The van der Waals surface area contributed by atoms with Gasteiger partial charge in [0.05, 0.1) is 43.6 Å². The van der Waals surface area contributed by atoms with Crippen LogP contribution in [0.2, 0.25) is 0 Å². The van der Waals surface area contributed by atoms with Crippen LogP contribution in [0.15, 0.2) is 72.3 Å². The largest absolute Gasteiger partial charge is 0.507 e. The zero-order valence-electron chi connectivity index (χ0n) is 23.5. The molecule has 1 atom stereocenters. The number of Topliss-reactive ketones (excluding diaryl/α,β-unsaturated/α-hetero) is 1. The molecule has 4 rings (SSSR count). The van der Waals surface area contributed by atoms with E-state index in [2.05, 4.69) is 0 Å². The fourth-order valence-corrected chi connectivity index (χ4v) is 4.73. The molecule has 1 aliphatic heterocycles. The van der Waals surface area contributed by atoms with Gasteiger partial charge in [0.15, 0.2) is 0 Å². The first-order valence-corrected chi connectivity index (χ1v) is 13.3. The van der Waals surface area contributed by atoms with Crippen LogP contribution in [0.1, 0.15) is 50.4 Å². The van der Waals surface area contributed by atoms with Crippen molar-refractivity contribution in [2.75, 3.05) is 20.3 Å². The van der Waals surface area contributed by atoms with Crippen molar-refractivity contribution < 1.29 is 33.6 Å². The quantitative estimate of drug-likeness (QED) is 0.182. The topological polar surface area (TPSA) is 94.5 Å². The molecule has 1 amide bonds. The van der Waals surface area contributed by atoms with Crippen LogP contribution in [0.25, 0.3) is 5.76 Å². The van der Waals surface area contributed by atoms with Crippen LogP contribution in [-0.2, 0) is 16.1 Å². The number of nitrogens with zero attached hydrogens (tertiary/aromatic N) is 1. The Labute approximate surface area is 234 Å². The predicted molar refractivity (Wildman–Crippen MR) is 152 cm³/mol. The van der Waals surface area contributed by atoms with Crippen LogP contribution in [0.4, 0.5) is 0 Å². The standard InChI is InChI=1S/C32H35NO7/c1-6-38-25-15-16-26(27(18-25)39-7-2)30(34)28-29(22-11-13-23(14-12-22)40-20(3)4)33(32(36)31(28)35)19-21-9-8-10-24(17-21)37-5/h8-18,20,29,34H,6-7,19H2,1-5H3/b30-28-. The highest BCUT2D eigenvalue weighted by molar-refractivity contribution is 6.46. The SMILES string of the molecule is CCOc1ccc(/C(O)=C2/C(=O)C(=O)N(Cc3cccc(OC)c3)C2c2ccc(OC(C)C)cc2)c(OCC)c1. The monoisotopic (exact) mass is 545 g/mol. The first-order chi connectivity index (χ1) is 19.3. The molecule has 1 fully saturated rings. The lowest BCUT2D eigenvalue weighted by molar-refractivity contribution is -0.140. The minimum absolute atomic E-state index is 0.0128. The lowest BCUT2D eigenvalue weighted by Crippen LogP contribution is -2.29. The number of carbonyl (C=O) groups excluding carboxylic acids is 2. The average Bonchev–Trinajstić information content (AvgIpc) is 3.18. The van der Waals surface area contributed by atoms with E-state index in [0.29, 0.717) is 47.3 Å². The summed E-state index contributed by atoms with van der Waals surface area (Å²) >= 11 is 0. The van der Waals surface area contributed by atoms with Gasteiger partial charge in [0.1, 0.15) is 28.8 Å². The number of ether oxygens (including phenoxy) is 4. The second-order valence-corrected chi connectivity index (χ2v) is 9.54. The van der Waals surface area contributed by atoms with Crippen molar-refractivity contribution in [2.45, 2.75) is 46.4 Å². The molecule has 0 radical (unpaired) electrons. The second kappa shape index (κ2) is 12.6. The highest BCUT2D eigenvalue weighted by atomic mass is 16.5. The molecular weight excluding hydrogens is 510 g/mol. The van der Waals surface area contributed by atoms with Gasteiger partial charge in [-0.3, -0.25) is 9.59 Å². The number of aliphatic hydroxyl groups is 1. The second-order valence-electron chi connectivity index (χ2n) is 9.54. The molecule has 0 aliphatic carbocycles. The summed E-state index contributed by atoms with van der Waals surface area (Å²) in [7, 11) is 1.57. The molecule has 1 N–H and O–H groups in total. The molecule has 0 aromatic heterocycles. The third-order valence-corrected chi connectivity index (χ3v) is 6.41. The molecule has 1 saturated heterocycles. The summed E-state index contributed by atoms with van der Waals surface area (Å²) in [5.74, 6) is 0.420. The molecule has 0 spiro atoms. The molecule has 3 aromatic rings. The molecule has 1 heterocycles. The Balaban J connectivity index is 1.85. The fraction of sp³-hybridized carbons (Fsp3) is 0.312. The van der Waals surface area contributed by atoms with Gasteiger partial charge in [0.2, 0.25) is 0 Å². The van der Waals surface area contributed by atoms with Gasteiger partial charge in [0.25, 0.3) is 11.7 Å². The number of ketones is 1. The van der Waals surface area contributed by atoms with E-state index in [9.17, 15) is 14.7 Å². The van der Waals surface area contributed by atoms with Crippen LogP contribution in [0.5, 0.6) is 23.0 Å². The number of hydrogen-bond acceptors (Lipinski definition) is 7. The van der Waals surface area contributed by atoms with E-state index in [-0.39, 0.29) is 24.0 Å². The Morgan fingerprint density at radius 2 is 1.60 bits per heavy atom. The number of hydrogen-bond donors (Lipinski definition) is 1. The van der Waals surface area contributed by atoms with Crippen molar-refractivity contribution in [3.05, 3.63) is 89.0 Å². The highest BCUT2D eigenvalue weighted by Crippen LogP contribution is 2.42. The van der Waals surface area contributed by atoms with Crippen LogP contribution >= 0.6 is 0 Å². The third kappa shape index (κ3) is 6.06. The maximum atomic E-state index is 13.6. The van der Waals surface area contributed by atoms with Crippen LogP contribution in [0, 0.1) is 0 Å². The maximum absolute atomic E-state index is 13.6. The van der Waals surface area contributed by atoms with Gasteiger partial charge in [0, 0.05) is 12.6 Å². The van der Waals surface area contributed by atoms with E-state index in [1.807, 2.05) is 64.1 Å². The zero-order valence-corrected chi connectivity index (χ0v) is 23.5. The Kier molecular flexibility index (Phi) is 8.99. The first-order valence-electron chi connectivity index (χ1n) is 13.3. The summed E-state index contributed by atoms with van der Waals surface area (Å²) in [6.07, 6.45) is -0.0128. The van der Waals surface area contributed by atoms with Gasteiger partial charge in [-0.2, -0.15) is 0 Å². The van der Waals surface area contributed by atoms with Gasteiger partial charge in [-0.15, -0.1) is 0 Å². The molecule has 0 saturated carbocycles. The number of methoxy groups -OCH3 is 1. The molecule has 8 heteroatoms. The number of rotatable bonds is 11. The van der Waals surface area contributed by atoms with Gasteiger partial charge in [-0.25, -0.2) is 0 Å². The average molecular weight is 546 g/mol. The normalized spacial score (nSPS) is 16.4. The fourth-order valence-electron chi connectivity index (χ4n) is 4.73. The van der Waals surface area contributed by atoms with Gasteiger partial charge in [-0.05, 0) is 75.2 Å². The van der Waals surface area contributed by atoms with Gasteiger partial charge in [-0.1, -0.05) is 24.3 Å². The van der Waals surface area contributed by atoms with Crippen LogP contribution in [0.3, 0.4) is 0 Å². The number of likely N-dealkylation sites (tertiary alicyclic amines) is 1. The summed E-state index contributed by atoms with van der Waals surface area (Å²) in [5, 5.41) is 11.6. The van der Waals surface area contributed by atoms with Crippen molar-refractivity contribution >= 4 is 17.4 Å². The summed E-state index contributed by atoms with van der Waals surface area (Å²) in [5.41, 5.74) is 1.72. The summed E-state index contributed by atoms with van der Waals surface area (Å²) in [6.45, 7) is 8.49. The molecule has 1 unspecified atom stereocenters. The van der Waals surface area contributed by atoms with Gasteiger partial charge < -0.3 is 29.0 Å². The van der Waals surface area contributed by atoms with Crippen molar-refractivity contribution in [3.8, 4) is 23.0 Å². The van der Waals surface area contributed by atoms with E-state index in [0.717, 1.165) is 5.56 Å².